The average Bonchev–Trinajstić information content (AvgIpc) is 3.18. The first-order valence-corrected chi connectivity index (χ1v) is 12.2. The number of carbonyl (C=O) groups excluding carboxylic acids is 2. The number of aromatic amines is 1. The van der Waals surface area contributed by atoms with Gasteiger partial charge in [-0.2, -0.15) is 0 Å². The van der Waals surface area contributed by atoms with Gasteiger partial charge in [-0.15, -0.1) is 0 Å². The lowest BCUT2D eigenvalue weighted by molar-refractivity contribution is -0.149. The number of pyridine rings is 1. The summed E-state index contributed by atoms with van der Waals surface area (Å²) in [5, 5.41) is 2.50. The smallest absolute Gasteiger partial charge is 0.247 e. The number of nitrogens with one attached hydrogen (secondary N) is 1. The van der Waals surface area contributed by atoms with Crippen LogP contribution >= 0.6 is 20.4 Å². The van der Waals surface area contributed by atoms with Gasteiger partial charge in [0.25, 0.3) is 0 Å². The van der Waals surface area contributed by atoms with Crippen molar-refractivity contribution < 1.29 is 9.59 Å². The molecule has 2 aromatic heterocycles. The summed E-state index contributed by atoms with van der Waals surface area (Å²) in [6.07, 6.45) is 5.41. The molecule has 1 aliphatic heterocycles. The van der Waals surface area contributed by atoms with Crippen molar-refractivity contribution in [1.82, 2.24) is 14.8 Å². The summed E-state index contributed by atoms with van der Waals surface area (Å²) in [7, 11) is 5.69. The van der Waals surface area contributed by atoms with E-state index in [2.05, 4.69) is 4.98 Å². The summed E-state index contributed by atoms with van der Waals surface area (Å²) >= 11 is 0. The maximum Gasteiger partial charge on any atom is 0.247 e. The van der Waals surface area contributed by atoms with Crippen molar-refractivity contribution in [1.29, 1.82) is 0 Å². The zero-order chi connectivity index (χ0) is 22.0. The molecule has 0 saturated carbocycles. The van der Waals surface area contributed by atoms with E-state index in [1.807, 2.05) is 36.6 Å². The Morgan fingerprint density at radius 2 is 2.10 bits per heavy atom. The molecule has 31 heavy (non-hydrogen) atoms. The van der Waals surface area contributed by atoms with E-state index in [-0.39, 0.29) is 17.2 Å². The van der Waals surface area contributed by atoms with E-state index in [0.29, 0.717) is 31.4 Å². The van der Waals surface area contributed by atoms with E-state index in [1.165, 1.54) is 12.1 Å². The Hall–Kier alpha value is -2.90. The van der Waals surface area contributed by atoms with Gasteiger partial charge in [-0.25, -0.2) is 0 Å². The van der Waals surface area contributed by atoms with Gasteiger partial charge in [0.1, 0.15) is 15.7 Å². The van der Waals surface area contributed by atoms with Gasteiger partial charge in [0.2, 0.25) is 22.5 Å². The standard InChI is InChI=1S/C23H22ClN3O3S/c1-2-20-23(30)26(15-16-5-7-18-19(14-16)25-10-9-21(18)28)11-12-27(20)22(29)8-6-17-4-3-13-31(17)24/h3-10,13-14,20H,2,11-12,15H2,1H3/p+1/t20-,31?/m0/s1. The highest BCUT2D eigenvalue weighted by atomic mass is 35.7. The fourth-order valence-corrected chi connectivity index (χ4v) is 5.18. The van der Waals surface area contributed by atoms with Crippen LogP contribution < -0.4 is 5.43 Å². The van der Waals surface area contributed by atoms with E-state index < -0.39 is 15.7 Å². The van der Waals surface area contributed by atoms with Crippen LogP contribution in [0.1, 0.15) is 23.8 Å². The molecule has 1 unspecified atom stereocenters. The molecule has 1 N–H and O–H groups in total. The Bertz CT molecular complexity index is 1220. The molecule has 8 heteroatoms. The fourth-order valence-electron chi connectivity index (χ4n) is 3.91. The maximum atomic E-state index is 13.1. The number of rotatable bonds is 5. The largest absolute Gasteiger partial charge is 0.361 e. The molecule has 1 saturated heterocycles. The molecule has 0 radical (unpaired) electrons. The van der Waals surface area contributed by atoms with Crippen LogP contribution in [0, 0.1) is 0 Å². The van der Waals surface area contributed by atoms with Crippen molar-refractivity contribution >= 4 is 49.2 Å². The SMILES string of the molecule is CC[C@H]1C(=O)N(Cc2ccc3c(=O)cc[nH]c3c2)CCN1C(=O)C=Cc1ccc[s+]1Cl. The average molecular weight is 457 g/mol. The predicted octanol–water partition coefficient (Wildman–Crippen LogP) is 3.94. The molecule has 1 fully saturated rings. The molecular formula is C23H23ClN3O3S+. The van der Waals surface area contributed by atoms with E-state index >= 15 is 0 Å². The minimum atomic E-state index is -0.492. The second kappa shape index (κ2) is 9.08. The predicted molar refractivity (Wildman–Crippen MR) is 125 cm³/mol. The van der Waals surface area contributed by atoms with Crippen molar-refractivity contribution in [2.45, 2.75) is 25.9 Å². The second-order valence-corrected chi connectivity index (χ2v) is 9.76. The van der Waals surface area contributed by atoms with Gasteiger partial charge in [0, 0.05) is 61.0 Å². The number of thiophene rings is 1. The van der Waals surface area contributed by atoms with Crippen LogP contribution in [0.15, 0.2) is 58.8 Å². The highest BCUT2D eigenvalue weighted by molar-refractivity contribution is 7.61. The molecular weight excluding hydrogens is 434 g/mol. The highest BCUT2D eigenvalue weighted by Gasteiger charge is 2.35. The Kier molecular flexibility index (Phi) is 6.25. The molecule has 3 aromatic rings. The Balaban J connectivity index is 1.48. The highest BCUT2D eigenvalue weighted by Crippen LogP contribution is 2.30. The summed E-state index contributed by atoms with van der Waals surface area (Å²) in [6, 6.07) is 10.3. The first-order chi connectivity index (χ1) is 15.0. The lowest BCUT2D eigenvalue weighted by Crippen LogP contribution is -2.57. The molecule has 6 nitrogen and oxygen atoms in total. The monoisotopic (exact) mass is 456 g/mol. The van der Waals surface area contributed by atoms with Crippen molar-refractivity contribution in [2.75, 3.05) is 13.1 Å². The topological polar surface area (TPSA) is 73.5 Å². The Morgan fingerprint density at radius 3 is 2.84 bits per heavy atom. The number of fused-ring (bicyclic) bond motifs is 1. The van der Waals surface area contributed by atoms with Gasteiger partial charge in [-0.05, 0) is 30.2 Å². The van der Waals surface area contributed by atoms with Crippen LogP contribution in [0.25, 0.3) is 17.0 Å². The number of carbonyl (C=O) groups is 2. The van der Waals surface area contributed by atoms with E-state index in [4.69, 9.17) is 10.7 Å². The lowest BCUT2D eigenvalue weighted by Gasteiger charge is -2.40. The zero-order valence-corrected chi connectivity index (χ0v) is 18.7. The molecule has 160 valence electrons. The minimum absolute atomic E-state index is 0.0345. The molecule has 2 amide bonds. The number of nitrogens with zero attached hydrogens (tertiary/aromatic N) is 2. The molecule has 0 spiro atoms. The Morgan fingerprint density at radius 1 is 1.26 bits per heavy atom. The molecule has 0 bridgehead atoms. The Labute approximate surface area is 187 Å². The van der Waals surface area contributed by atoms with Crippen LogP contribution in [0.5, 0.6) is 0 Å². The van der Waals surface area contributed by atoms with Crippen molar-refractivity contribution in [3.8, 4) is 0 Å². The summed E-state index contributed by atoms with van der Waals surface area (Å²) in [5.74, 6) is -0.236. The van der Waals surface area contributed by atoms with Crippen LogP contribution in [0.3, 0.4) is 0 Å². The maximum absolute atomic E-state index is 13.1. The number of hydrogen-bond donors (Lipinski definition) is 1. The summed E-state index contributed by atoms with van der Waals surface area (Å²) in [6.45, 7) is 3.29. The second-order valence-electron chi connectivity index (χ2n) is 7.45. The van der Waals surface area contributed by atoms with E-state index in [9.17, 15) is 14.4 Å². The van der Waals surface area contributed by atoms with E-state index in [1.54, 1.807) is 28.1 Å². The van der Waals surface area contributed by atoms with Crippen LogP contribution in [-0.4, -0.2) is 45.7 Å². The number of benzene rings is 1. The van der Waals surface area contributed by atoms with Crippen LogP contribution in [0.2, 0.25) is 0 Å². The molecule has 1 aromatic carbocycles. The first-order valence-electron chi connectivity index (χ1n) is 10.1. The van der Waals surface area contributed by atoms with Gasteiger partial charge in [0.15, 0.2) is 15.7 Å². The molecule has 3 heterocycles. The summed E-state index contributed by atoms with van der Waals surface area (Å²) in [4.78, 5) is 45.2. The number of halogens is 1. The van der Waals surface area contributed by atoms with Gasteiger partial charge < -0.3 is 14.8 Å². The quantitative estimate of drug-likeness (QED) is 0.466. The third kappa shape index (κ3) is 4.43. The summed E-state index contributed by atoms with van der Waals surface area (Å²) < 4.78 is 0. The van der Waals surface area contributed by atoms with Gasteiger partial charge >= 0.3 is 0 Å². The number of H-pyrrole nitrogens is 1. The third-order valence-electron chi connectivity index (χ3n) is 5.52. The summed E-state index contributed by atoms with van der Waals surface area (Å²) in [5.41, 5.74) is 1.65. The fraction of sp³-hybridized carbons (Fsp3) is 0.261. The number of piperazine rings is 1. The molecule has 1 aliphatic rings. The van der Waals surface area contributed by atoms with Crippen molar-refractivity contribution in [2.24, 2.45) is 0 Å². The number of aromatic nitrogens is 1. The normalized spacial score (nSPS) is 17.7. The third-order valence-corrected chi connectivity index (χ3v) is 7.49. The molecule has 2 atom stereocenters. The van der Waals surface area contributed by atoms with Crippen molar-refractivity contribution in [3.05, 3.63) is 74.7 Å². The first kappa shape index (κ1) is 21.3. The number of hydrogen-bond acceptors (Lipinski definition) is 3. The van der Waals surface area contributed by atoms with Gasteiger partial charge in [-0.1, -0.05) is 13.0 Å². The van der Waals surface area contributed by atoms with Crippen LogP contribution in [-0.2, 0) is 16.1 Å². The van der Waals surface area contributed by atoms with Crippen LogP contribution in [0.4, 0.5) is 0 Å². The van der Waals surface area contributed by atoms with Gasteiger partial charge in [0.05, 0.1) is 0 Å². The molecule has 4 rings (SSSR count). The lowest BCUT2D eigenvalue weighted by atomic mass is 10.1. The van der Waals surface area contributed by atoms with Crippen molar-refractivity contribution in [3.63, 3.8) is 0 Å². The van der Waals surface area contributed by atoms with Gasteiger partial charge in [-0.3, -0.25) is 14.4 Å². The zero-order valence-electron chi connectivity index (χ0n) is 17.1. The molecule has 0 aliphatic carbocycles. The number of amides is 2. The minimum Gasteiger partial charge on any atom is -0.361 e. The van der Waals surface area contributed by atoms with E-state index in [0.717, 1.165) is 16.0 Å².